The minimum Gasteiger partial charge on any atom is -0.456 e. The highest BCUT2D eigenvalue weighted by atomic mass is 32.2. The second-order valence-corrected chi connectivity index (χ2v) is 8.53. The van der Waals surface area contributed by atoms with Gasteiger partial charge in [0.2, 0.25) is 0 Å². The Morgan fingerprint density at radius 1 is 0.886 bits per heavy atom. The van der Waals surface area contributed by atoms with E-state index >= 15 is 0 Å². The van der Waals surface area contributed by atoms with Crippen molar-refractivity contribution in [3.05, 3.63) is 134 Å². The summed E-state index contributed by atoms with van der Waals surface area (Å²) in [6.45, 7) is 0. The van der Waals surface area contributed by atoms with Gasteiger partial charge in [-0.1, -0.05) is 60.3 Å². The van der Waals surface area contributed by atoms with Crippen molar-refractivity contribution in [1.29, 1.82) is 0 Å². The number of hydrogen-bond acceptors (Lipinski definition) is 5. The Hall–Kier alpha value is -4.56. The number of hydrogen-bond donors (Lipinski definition) is 1. The van der Waals surface area contributed by atoms with E-state index in [2.05, 4.69) is 5.10 Å². The Labute approximate surface area is 203 Å². The Balaban J connectivity index is 1.63. The van der Waals surface area contributed by atoms with E-state index in [0.717, 1.165) is 4.90 Å². The molecule has 0 saturated heterocycles. The first-order valence-corrected chi connectivity index (χ1v) is 11.6. The van der Waals surface area contributed by atoms with E-state index in [4.69, 9.17) is 4.42 Å². The van der Waals surface area contributed by atoms with Crippen molar-refractivity contribution in [3.8, 4) is 17.0 Å². The zero-order valence-electron chi connectivity index (χ0n) is 18.3. The van der Waals surface area contributed by atoms with Crippen LogP contribution in [-0.2, 0) is 0 Å². The van der Waals surface area contributed by atoms with Gasteiger partial charge in [0.15, 0.2) is 0 Å². The van der Waals surface area contributed by atoms with Crippen molar-refractivity contribution >= 4 is 28.9 Å². The molecule has 172 valence electrons. The predicted molar refractivity (Wildman–Crippen MR) is 137 cm³/mol. The van der Waals surface area contributed by atoms with E-state index in [9.17, 15) is 14.9 Å². The molecule has 0 aliphatic carbocycles. The molecular formula is C27H19N3O4S. The minimum atomic E-state index is -0.445. The topological polar surface area (TPSA) is 94.1 Å². The number of nitrogens with one attached hydrogen (secondary N) is 1. The summed E-state index contributed by atoms with van der Waals surface area (Å²) in [6, 6.07) is 28.9. The number of para-hydroxylation sites is 2. The van der Waals surface area contributed by atoms with Crippen LogP contribution in [0.2, 0.25) is 0 Å². The van der Waals surface area contributed by atoms with Gasteiger partial charge in [0.1, 0.15) is 11.5 Å². The Morgan fingerprint density at radius 2 is 1.57 bits per heavy atom. The first-order valence-electron chi connectivity index (χ1n) is 10.7. The number of aromatic amines is 1. The van der Waals surface area contributed by atoms with E-state index < -0.39 is 4.92 Å². The summed E-state index contributed by atoms with van der Waals surface area (Å²) in [4.78, 5) is 25.4. The molecule has 0 unspecified atom stereocenters. The molecule has 0 spiro atoms. The Kier molecular flexibility index (Phi) is 6.19. The number of aromatic nitrogens is 2. The highest BCUT2D eigenvalue weighted by molar-refractivity contribution is 8.06. The summed E-state index contributed by atoms with van der Waals surface area (Å²) in [5.74, 6) is 0.764. The van der Waals surface area contributed by atoms with E-state index in [1.807, 2.05) is 66.1 Å². The van der Waals surface area contributed by atoms with E-state index in [1.54, 1.807) is 36.4 Å². The lowest BCUT2D eigenvalue weighted by Crippen LogP contribution is -2.34. The molecule has 8 heteroatoms. The largest absolute Gasteiger partial charge is 0.456 e. The van der Waals surface area contributed by atoms with Crippen molar-refractivity contribution in [3.63, 3.8) is 0 Å². The first kappa shape index (κ1) is 22.2. The van der Waals surface area contributed by atoms with Gasteiger partial charge < -0.3 is 4.42 Å². The third kappa shape index (κ3) is 4.73. The maximum Gasteiger partial charge on any atom is 0.280 e. The van der Waals surface area contributed by atoms with Crippen LogP contribution in [0.3, 0.4) is 0 Å². The summed E-state index contributed by atoms with van der Waals surface area (Å²) in [5, 5.41) is 17.5. The van der Waals surface area contributed by atoms with Crippen LogP contribution < -0.4 is 16.1 Å². The number of nitro groups is 1. The van der Waals surface area contributed by atoms with Gasteiger partial charge in [0.05, 0.1) is 26.7 Å². The van der Waals surface area contributed by atoms with Gasteiger partial charge in [-0.05, 0) is 48.5 Å². The van der Waals surface area contributed by atoms with Crippen molar-refractivity contribution in [2.45, 2.75) is 4.90 Å². The van der Waals surface area contributed by atoms with Crippen LogP contribution in [0.15, 0.2) is 111 Å². The van der Waals surface area contributed by atoms with Gasteiger partial charge >= 0.3 is 0 Å². The molecule has 5 rings (SSSR count). The van der Waals surface area contributed by atoms with E-state index in [0.29, 0.717) is 33.3 Å². The molecule has 0 aliphatic rings. The maximum atomic E-state index is 13.4. The normalized spacial score (nSPS) is 12.2. The van der Waals surface area contributed by atoms with Crippen LogP contribution in [0.1, 0.15) is 5.76 Å². The number of benzene rings is 3. The first-order chi connectivity index (χ1) is 17.1. The van der Waals surface area contributed by atoms with Crippen molar-refractivity contribution < 1.29 is 9.34 Å². The van der Waals surface area contributed by atoms with Gasteiger partial charge in [-0.25, -0.2) is 4.68 Å². The van der Waals surface area contributed by atoms with Crippen molar-refractivity contribution in [2.24, 2.45) is 0 Å². The van der Waals surface area contributed by atoms with E-state index in [-0.39, 0.29) is 11.2 Å². The highest BCUT2D eigenvalue weighted by Gasteiger charge is 2.17. The minimum absolute atomic E-state index is 0.0465. The zero-order valence-corrected chi connectivity index (χ0v) is 19.1. The van der Waals surface area contributed by atoms with Gasteiger partial charge in [-0.3, -0.25) is 20.0 Å². The molecule has 0 amide bonds. The SMILES string of the molecule is O=c1c(=Cc2ccc(-c3ccccc3[N+](=O)[O-])o2)/c(=C/Sc2ccccc2)[nH]n1-c1ccccc1. The summed E-state index contributed by atoms with van der Waals surface area (Å²) in [7, 11) is 0. The van der Waals surface area contributed by atoms with Crippen molar-refractivity contribution in [2.75, 3.05) is 0 Å². The zero-order chi connectivity index (χ0) is 24.2. The number of nitro benzene ring substituents is 1. The van der Waals surface area contributed by atoms with Crippen LogP contribution in [0.4, 0.5) is 5.69 Å². The fourth-order valence-corrected chi connectivity index (χ4v) is 4.39. The summed E-state index contributed by atoms with van der Waals surface area (Å²) >= 11 is 1.49. The molecule has 0 aliphatic heterocycles. The molecule has 0 radical (unpaired) electrons. The van der Waals surface area contributed by atoms with Crippen LogP contribution >= 0.6 is 11.8 Å². The summed E-state index contributed by atoms with van der Waals surface area (Å²) in [6.07, 6.45) is 1.65. The average molecular weight is 482 g/mol. The van der Waals surface area contributed by atoms with Gasteiger partial charge in [-0.15, -0.1) is 0 Å². The molecule has 0 atom stereocenters. The number of thioether (sulfide) groups is 1. The quantitative estimate of drug-likeness (QED) is 0.216. The lowest BCUT2D eigenvalue weighted by atomic mass is 10.1. The second-order valence-electron chi connectivity index (χ2n) is 7.58. The Bertz CT molecular complexity index is 1670. The Morgan fingerprint density at radius 3 is 2.31 bits per heavy atom. The number of H-pyrrole nitrogens is 1. The fourth-order valence-electron chi connectivity index (χ4n) is 3.64. The lowest BCUT2D eigenvalue weighted by Gasteiger charge is -1.99. The molecule has 7 nitrogen and oxygen atoms in total. The molecule has 1 N–H and O–H groups in total. The summed E-state index contributed by atoms with van der Waals surface area (Å²) in [5.41, 5.74) is 0.797. The van der Waals surface area contributed by atoms with Crippen molar-refractivity contribution in [1.82, 2.24) is 9.78 Å². The maximum absolute atomic E-state index is 13.4. The van der Waals surface area contributed by atoms with Gasteiger partial charge in [0, 0.05) is 16.4 Å². The standard InChI is InChI=1S/C27H19N3O4S/c31-27-23(17-20-15-16-26(34-20)22-13-7-8-14-25(22)30(32)33)24(18-35-21-11-5-2-6-12-21)28-29(27)19-9-3-1-4-10-19/h1-18,28H/b23-17?,24-18-. The second kappa shape index (κ2) is 9.74. The van der Waals surface area contributed by atoms with Crippen LogP contribution in [-0.4, -0.2) is 14.7 Å². The third-order valence-corrected chi connectivity index (χ3v) is 6.20. The molecule has 0 bridgehead atoms. The molecule has 35 heavy (non-hydrogen) atoms. The van der Waals surface area contributed by atoms with Crippen LogP contribution in [0.25, 0.3) is 28.5 Å². The third-order valence-electron chi connectivity index (χ3n) is 5.31. The summed E-state index contributed by atoms with van der Waals surface area (Å²) < 4.78 is 7.39. The predicted octanol–water partition coefficient (Wildman–Crippen LogP) is 4.69. The van der Waals surface area contributed by atoms with E-state index in [1.165, 1.54) is 22.5 Å². The monoisotopic (exact) mass is 481 g/mol. The molecular weight excluding hydrogens is 462 g/mol. The van der Waals surface area contributed by atoms with Gasteiger partial charge in [-0.2, -0.15) is 0 Å². The molecule has 2 heterocycles. The molecule has 2 aromatic heterocycles. The lowest BCUT2D eigenvalue weighted by molar-refractivity contribution is -0.384. The molecule has 3 aromatic carbocycles. The molecule has 0 fully saturated rings. The smallest absolute Gasteiger partial charge is 0.280 e. The van der Waals surface area contributed by atoms with Gasteiger partial charge in [0.25, 0.3) is 11.2 Å². The number of rotatable bonds is 6. The average Bonchev–Trinajstić information content (AvgIpc) is 3.49. The molecule has 5 aromatic rings. The fraction of sp³-hybridized carbons (Fsp3) is 0. The van der Waals surface area contributed by atoms with Crippen LogP contribution in [0, 0.1) is 10.1 Å². The number of furan rings is 1. The highest BCUT2D eigenvalue weighted by Crippen LogP contribution is 2.30. The molecule has 0 saturated carbocycles. The number of nitrogens with zero attached hydrogens (tertiary/aromatic N) is 2. The van der Waals surface area contributed by atoms with Crippen LogP contribution in [0.5, 0.6) is 0 Å².